The molecule has 9 aromatic rings. The maximum absolute atomic E-state index is 12.9. The number of anilines is 6. The summed E-state index contributed by atoms with van der Waals surface area (Å²) in [6, 6.07) is 30.0. The van der Waals surface area contributed by atoms with E-state index in [-0.39, 0.29) is 36.2 Å². The lowest BCUT2D eigenvalue weighted by molar-refractivity contribution is 0.184. The van der Waals surface area contributed by atoms with Crippen molar-refractivity contribution in [3.8, 4) is 0 Å². The van der Waals surface area contributed by atoms with Gasteiger partial charge in [-0.25, -0.2) is 44.3 Å². The number of hydrogen-bond acceptors (Lipinski definition) is 15. The zero-order valence-electron chi connectivity index (χ0n) is 49.8. The first kappa shape index (κ1) is 61.7. The van der Waals surface area contributed by atoms with Crippen LogP contribution in [0.1, 0.15) is 70.2 Å². The molecule has 3 aliphatic heterocycles. The van der Waals surface area contributed by atoms with Gasteiger partial charge < -0.3 is 29.4 Å². The van der Waals surface area contributed by atoms with Gasteiger partial charge in [-0.05, 0) is 142 Å². The van der Waals surface area contributed by atoms with Gasteiger partial charge in [0.25, 0.3) is 0 Å². The fraction of sp³-hybridized carbons (Fsp3) is 0.381. The number of nitrogens with zero attached hydrogens (tertiary/aromatic N) is 12. The van der Waals surface area contributed by atoms with Crippen LogP contribution in [0.15, 0.2) is 110 Å². The second kappa shape index (κ2) is 27.9. The second-order valence-corrected chi connectivity index (χ2v) is 26.4. The van der Waals surface area contributed by atoms with Gasteiger partial charge in [-0.2, -0.15) is 0 Å². The van der Waals surface area contributed by atoms with Crippen molar-refractivity contribution >= 4 is 139 Å². The number of thiazole rings is 3. The van der Waals surface area contributed by atoms with Gasteiger partial charge in [0.05, 0.1) is 40.7 Å². The van der Waals surface area contributed by atoms with Crippen LogP contribution in [-0.2, 0) is 12.8 Å². The zero-order valence-corrected chi connectivity index (χ0v) is 53.7. The van der Waals surface area contributed by atoms with E-state index in [1.165, 1.54) is 50.7 Å². The molecule has 3 aliphatic rings. The highest BCUT2D eigenvalue weighted by Crippen LogP contribution is 2.33. The summed E-state index contributed by atoms with van der Waals surface area (Å²) in [7, 11) is 0. The number of aryl methyl sites for hydroxylation is 3. The molecule has 3 saturated heterocycles. The van der Waals surface area contributed by atoms with Crippen LogP contribution in [0.4, 0.5) is 47.2 Å². The van der Waals surface area contributed by atoms with Crippen molar-refractivity contribution in [2.75, 3.05) is 89.6 Å². The van der Waals surface area contributed by atoms with Crippen molar-refractivity contribution in [1.82, 2.24) is 44.6 Å². The minimum absolute atomic E-state index is 0.0313. The first-order chi connectivity index (χ1) is 41.5. The van der Waals surface area contributed by atoms with E-state index >= 15 is 0 Å². The molecule has 0 saturated carbocycles. The van der Waals surface area contributed by atoms with Crippen LogP contribution in [-0.4, -0.2) is 140 Å². The van der Waals surface area contributed by atoms with Crippen molar-refractivity contribution < 1.29 is 14.4 Å². The third-order valence-electron chi connectivity index (χ3n) is 15.3. The number of nitrogens with one attached hydrogen (secondary N) is 3. The van der Waals surface area contributed by atoms with Crippen LogP contribution in [0.2, 0.25) is 10.0 Å². The summed E-state index contributed by atoms with van der Waals surface area (Å²) in [6.07, 6.45) is 8.51. The Kier molecular flexibility index (Phi) is 20.0. The molecule has 3 atom stereocenters. The van der Waals surface area contributed by atoms with Crippen molar-refractivity contribution in [1.29, 1.82) is 0 Å². The Morgan fingerprint density at radius 3 is 1.35 bits per heavy atom. The topological polar surface area (TPSA) is 184 Å². The molecule has 86 heavy (non-hydrogen) atoms. The number of urea groups is 3. The molecule has 6 aromatic heterocycles. The van der Waals surface area contributed by atoms with Crippen molar-refractivity contribution in [3.05, 3.63) is 142 Å². The average molecular weight is 1260 g/mol. The molecule has 0 bridgehead atoms. The van der Waals surface area contributed by atoms with Crippen molar-refractivity contribution in [3.63, 3.8) is 0 Å². The van der Waals surface area contributed by atoms with E-state index in [4.69, 9.17) is 23.2 Å². The van der Waals surface area contributed by atoms with Gasteiger partial charge in [0.15, 0.2) is 15.4 Å². The van der Waals surface area contributed by atoms with E-state index in [0.717, 1.165) is 86.0 Å². The normalized spacial score (nSPS) is 17.1. The maximum atomic E-state index is 12.9. The lowest BCUT2D eigenvalue weighted by atomic mass is 10.0. The monoisotopic (exact) mass is 1250 g/mol. The van der Waals surface area contributed by atoms with E-state index in [0.29, 0.717) is 77.2 Å². The molecule has 3 N–H and O–H groups in total. The van der Waals surface area contributed by atoms with Crippen LogP contribution in [0.25, 0.3) is 30.6 Å². The Morgan fingerprint density at radius 1 is 0.535 bits per heavy atom. The van der Waals surface area contributed by atoms with Gasteiger partial charge in [-0.15, -0.1) is 0 Å². The lowest BCUT2D eigenvalue weighted by Gasteiger charge is -2.40. The smallest absolute Gasteiger partial charge is 0.324 e. The van der Waals surface area contributed by atoms with Crippen LogP contribution in [0, 0.1) is 19.8 Å². The molecule has 450 valence electrons. The predicted octanol–water partition coefficient (Wildman–Crippen LogP) is 14.4. The van der Waals surface area contributed by atoms with Crippen LogP contribution < -0.4 is 30.7 Å². The van der Waals surface area contributed by atoms with Gasteiger partial charge in [0, 0.05) is 95.6 Å². The third-order valence-corrected chi connectivity index (χ3v) is 18.7. The van der Waals surface area contributed by atoms with Crippen molar-refractivity contribution in [2.24, 2.45) is 5.92 Å². The summed E-state index contributed by atoms with van der Waals surface area (Å²) in [5.74, 6) is 3.16. The quantitative estimate of drug-likeness (QED) is 0.118. The fourth-order valence-corrected chi connectivity index (χ4v) is 14.3. The van der Waals surface area contributed by atoms with E-state index < -0.39 is 0 Å². The largest absolute Gasteiger partial charge is 0.353 e. The minimum Gasteiger partial charge on any atom is -0.353 e. The number of amides is 6. The summed E-state index contributed by atoms with van der Waals surface area (Å²) < 4.78 is 3.30. The molecule has 0 spiro atoms. The molecule has 12 rings (SSSR count). The molecular formula is C63H73Cl2N15O3S3. The molecule has 0 unspecified atom stereocenters. The number of halogens is 2. The van der Waals surface area contributed by atoms with Gasteiger partial charge in [-0.3, -0.25) is 16.0 Å². The Balaban J connectivity index is 0.000000143. The predicted molar refractivity (Wildman–Crippen MR) is 356 cm³/mol. The summed E-state index contributed by atoms with van der Waals surface area (Å²) >= 11 is 17.1. The SMILES string of the molecule is CC(C)Cc1ccc2nc(NC(=O)N3CCN(c4ncccc4Cl)C[C@H]3C)sc2c1.CCCc1ccc2nc(NC(=O)N3CCN(c4ncccc4Cl)C[C@H]3C)sc2c1.Cc1ccc2nc(NC(=O)N3CCN(c4ncccc4C)C[C@H]3C)sc2c1. The minimum atomic E-state index is -0.115. The highest BCUT2D eigenvalue weighted by molar-refractivity contribution is 7.23. The number of piperazine rings is 3. The molecular weight excluding hydrogens is 1180 g/mol. The number of aromatic nitrogens is 6. The van der Waals surface area contributed by atoms with Crippen molar-refractivity contribution in [2.45, 2.75) is 92.8 Å². The summed E-state index contributed by atoms with van der Waals surface area (Å²) in [5.41, 5.74) is 7.73. The molecule has 23 heteroatoms. The molecule has 18 nitrogen and oxygen atoms in total. The average Bonchev–Trinajstić information content (AvgIpc) is 3.39. The first-order valence-corrected chi connectivity index (χ1v) is 32.4. The Labute approximate surface area is 524 Å². The van der Waals surface area contributed by atoms with Gasteiger partial charge in [-0.1, -0.05) is 109 Å². The van der Waals surface area contributed by atoms with Gasteiger partial charge in [0.2, 0.25) is 0 Å². The van der Waals surface area contributed by atoms with Crippen LogP contribution in [0.5, 0.6) is 0 Å². The molecule has 3 aromatic carbocycles. The second-order valence-electron chi connectivity index (χ2n) is 22.5. The number of pyridine rings is 3. The van der Waals surface area contributed by atoms with E-state index in [9.17, 15) is 14.4 Å². The fourth-order valence-electron chi connectivity index (χ4n) is 11.0. The molecule has 0 aliphatic carbocycles. The Bertz CT molecular complexity index is 3840. The summed E-state index contributed by atoms with van der Waals surface area (Å²) in [5, 5.41) is 12.1. The zero-order chi connectivity index (χ0) is 60.6. The van der Waals surface area contributed by atoms with Gasteiger partial charge in [0.1, 0.15) is 17.5 Å². The standard InChI is InChI=1S/C22H26ClN5OS.C21H24ClN5OS.C20H23N5OS/c1-14(2)11-16-6-7-18-19(12-16)30-21(25-18)26-22(29)28-10-9-27(13-15(28)3)20-17(23)5-4-8-24-20;1-3-5-15-7-8-17-18(12-15)29-20(24-17)25-21(28)27-11-10-26(13-14(27)2)19-16(22)6-4-9-23-19;1-13-6-7-16-17(11-13)27-19(22-16)23-20(26)25-10-9-24(12-15(25)3)18-14(2)5-4-8-21-18/h4-8,12,14-15H,9-11,13H2,1-3H3,(H,25,26,29);4,6-9,12,14H,3,5,10-11,13H2,1-2H3,(H,24,25,28);4-8,11,15H,9-10,12H2,1-3H3,(H,22,23,26)/t15-;14-;15-/m111/s1. The Morgan fingerprint density at radius 2 is 0.930 bits per heavy atom. The summed E-state index contributed by atoms with van der Waals surface area (Å²) in [6.45, 7) is 23.0. The maximum Gasteiger partial charge on any atom is 0.324 e. The number of rotatable bonds is 10. The van der Waals surface area contributed by atoms with E-state index in [2.05, 4.69) is 138 Å². The number of carbonyl (C=O) groups excluding carboxylic acids is 3. The van der Waals surface area contributed by atoms with E-state index in [1.54, 1.807) is 12.4 Å². The number of fused-ring (bicyclic) bond motifs is 3. The number of benzene rings is 3. The number of hydrogen-bond donors (Lipinski definition) is 3. The van der Waals surface area contributed by atoms with Crippen LogP contribution in [0.3, 0.4) is 0 Å². The highest BCUT2D eigenvalue weighted by atomic mass is 35.5. The molecule has 0 radical (unpaired) electrons. The lowest BCUT2D eigenvalue weighted by Crippen LogP contribution is -2.55. The molecule has 6 amide bonds. The first-order valence-electron chi connectivity index (χ1n) is 29.2. The van der Waals surface area contributed by atoms with Gasteiger partial charge >= 0.3 is 18.1 Å². The molecule has 9 heterocycles. The molecule has 3 fully saturated rings. The summed E-state index contributed by atoms with van der Waals surface area (Å²) in [4.78, 5) is 77.6. The Hall–Kier alpha value is -7.43. The van der Waals surface area contributed by atoms with Crippen LogP contribution >= 0.6 is 57.2 Å². The van der Waals surface area contributed by atoms with E-state index in [1.807, 2.05) is 89.3 Å². The number of carbonyl (C=O) groups is 3. The third kappa shape index (κ3) is 15.0. The highest BCUT2D eigenvalue weighted by Gasteiger charge is 2.32.